The van der Waals surface area contributed by atoms with Crippen molar-refractivity contribution >= 4 is 7.26 Å². The van der Waals surface area contributed by atoms with E-state index < -0.39 is 7.26 Å². The van der Waals surface area contributed by atoms with Gasteiger partial charge >= 0.3 is 0 Å². The van der Waals surface area contributed by atoms with Gasteiger partial charge in [0.05, 0.1) is 23.6 Å². The predicted octanol–water partition coefficient (Wildman–Crippen LogP) is 6.98. The van der Waals surface area contributed by atoms with Gasteiger partial charge in [-0.25, -0.2) is 0 Å². The Morgan fingerprint density at radius 2 is 1.00 bits per heavy atom. The number of unbranched alkanes of at least 4 members (excludes halogenated alkanes) is 3. The summed E-state index contributed by atoms with van der Waals surface area (Å²) < 4.78 is 0. The zero-order chi connectivity index (χ0) is 14.8. The van der Waals surface area contributed by atoms with Gasteiger partial charge in [0, 0.05) is 7.26 Å². The van der Waals surface area contributed by atoms with Crippen LogP contribution in [-0.2, 0) is 0 Å². The Morgan fingerprint density at radius 1 is 0.632 bits per heavy atom. The first-order chi connectivity index (χ1) is 8.99. The third kappa shape index (κ3) is 6.16. The molecule has 0 unspecified atom stereocenters. The van der Waals surface area contributed by atoms with E-state index in [0.717, 1.165) is 0 Å². The van der Waals surface area contributed by atoms with Crippen LogP contribution in [0.2, 0.25) is 0 Å². The van der Waals surface area contributed by atoms with E-state index in [9.17, 15) is 0 Å². The summed E-state index contributed by atoms with van der Waals surface area (Å²) in [5.41, 5.74) is 0. The maximum Gasteiger partial charge on any atom is 0.0743 e. The largest absolute Gasteiger partial charge is 0.0743 e. The molecular formula is C18H40P+. The van der Waals surface area contributed by atoms with Crippen molar-refractivity contribution in [1.29, 1.82) is 0 Å². The Kier molecular flexibility index (Phi) is 10.4. The third-order valence-corrected chi connectivity index (χ3v) is 11.3. The van der Waals surface area contributed by atoms with Crippen LogP contribution < -0.4 is 0 Å². The van der Waals surface area contributed by atoms with Crippen molar-refractivity contribution in [2.24, 2.45) is 0 Å². The molecule has 19 heavy (non-hydrogen) atoms. The smallest absolute Gasteiger partial charge is 0.0652 e. The Bertz CT molecular complexity index is 186. The molecule has 0 aliphatic carbocycles. The lowest BCUT2D eigenvalue weighted by molar-refractivity contribution is 0.595. The fourth-order valence-corrected chi connectivity index (χ4v) is 9.42. The van der Waals surface area contributed by atoms with Crippen molar-refractivity contribution < 1.29 is 0 Å². The summed E-state index contributed by atoms with van der Waals surface area (Å²) in [4.78, 5) is 0. The molecule has 0 aromatic carbocycles. The molecule has 0 aromatic heterocycles. The van der Waals surface area contributed by atoms with Crippen LogP contribution in [0.15, 0.2) is 0 Å². The second-order valence-corrected chi connectivity index (χ2v) is 11.8. The molecule has 1 heteroatoms. The average Bonchev–Trinajstić information content (AvgIpc) is 2.38. The van der Waals surface area contributed by atoms with Crippen LogP contribution in [0.5, 0.6) is 0 Å². The van der Waals surface area contributed by atoms with Gasteiger partial charge in [0.1, 0.15) is 0 Å². The number of hydrogen-bond donors (Lipinski definition) is 0. The number of rotatable bonds is 12. The van der Waals surface area contributed by atoms with E-state index in [2.05, 4.69) is 41.5 Å². The first kappa shape index (κ1) is 19.4. The van der Waals surface area contributed by atoms with Crippen molar-refractivity contribution in [2.75, 3.05) is 18.5 Å². The van der Waals surface area contributed by atoms with Crippen LogP contribution in [0.25, 0.3) is 0 Å². The highest BCUT2D eigenvalue weighted by Crippen LogP contribution is 2.71. The predicted molar refractivity (Wildman–Crippen MR) is 95.2 cm³/mol. The standard InChI is InChI=1S/C18H40P/c1-7-11-15-19(16-12-8-2,17-13-9-3)18(5,6)14-10-4/h7-17H2,1-6H3/q+1. The second kappa shape index (κ2) is 10.2. The lowest BCUT2D eigenvalue weighted by Gasteiger charge is -2.41. The lowest BCUT2D eigenvalue weighted by Crippen LogP contribution is -2.31. The Labute approximate surface area is 124 Å². The van der Waals surface area contributed by atoms with Crippen LogP contribution >= 0.6 is 7.26 Å². The second-order valence-electron chi connectivity index (χ2n) is 6.94. The third-order valence-electron chi connectivity index (χ3n) is 4.96. The van der Waals surface area contributed by atoms with Gasteiger partial charge in [-0.3, -0.25) is 0 Å². The van der Waals surface area contributed by atoms with Gasteiger partial charge < -0.3 is 0 Å². The van der Waals surface area contributed by atoms with Crippen molar-refractivity contribution in [1.82, 2.24) is 0 Å². The van der Waals surface area contributed by atoms with E-state index in [1.807, 2.05) is 0 Å². The van der Waals surface area contributed by atoms with Crippen molar-refractivity contribution in [3.8, 4) is 0 Å². The van der Waals surface area contributed by atoms with Crippen molar-refractivity contribution in [3.63, 3.8) is 0 Å². The van der Waals surface area contributed by atoms with Crippen LogP contribution in [0.1, 0.15) is 92.9 Å². The highest BCUT2D eigenvalue weighted by Gasteiger charge is 2.49. The Morgan fingerprint density at radius 3 is 1.26 bits per heavy atom. The molecule has 0 atom stereocenters. The van der Waals surface area contributed by atoms with Gasteiger partial charge in [-0.2, -0.15) is 0 Å². The Hall–Kier alpha value is 0.430. The molecule has 116 valence electrons. The molecular weight excluding hydrogens is 247 g/mol. The van der Waals surface area contributed by atoms with Crippen molar-refractivity contribution in [2.45, 2.75) is 98.1 Å². The van der Waals surface area contributed by atoms with E-state index in [4.69, 9.17) is 0 Å². The zero-order valence-corrected chi connectivity index (χ0v) is 15.6. The molecule has 0 fully saturated rings. The van der Waals surface area contributed by atoms with Crippen LogP contribution in [0.3, 0.4) is 0 Å². The minimum Gasteiger partial charge on any atom is -0.0652 e. The highest BCUT2D eigenvalue weighted by molar-refractivity contribution is 7.77. The summed E-state index contributed by atoms with van der Waals surface area (Å²) in [5, 5.41) is 0.626. The molecule has 0 spiro atoms. The normalized spacial score (nSPS) is 12.9. The van der Waals surface area contributed by atoms with Gasteiger partial charge in [-0.15, -0.1) is 0 Å². The summed E-state index contributed by atoms with van der Waals surface area (Å²) in [6, 6.07) is 0. The SMILES string of the molecule is CCCC[P+](CCCC)(CCCC)C(C)(C)CCC. The molecule has 0 nitrogen and oxygen atoms in total. The maximum atomic E-state index is 2.60. The summed E-state index contributed by atoms with van der Waals surface area (Å²) in [7, 11) is -0.765. The van der Waals surface area contributed by atoms with Crippen LogP contribution in [-0.4, -0.2) is 23.6 Å². The lowest BCUT2D eigenvalue weighted by atomic mass is 10.1. The quantitative estimate of drug-likeness (QED) is 0.339. The summed E-state index contributed by atoms with van der Waals surface area (Å²) >= 11 is 0. The molecule has 0 saturated carbocycles. The Balaban J connectivity index is 5.06. The fraction of sp³-hybridized carbons (Fsp3) is 1.00. The average molecular weight is 287 g/mol. The monoisotopic (exact) mass is 287 g/mol. The first-order valence-corrected chi connectivity index (χ1v) is 11.2. The van der Waals surface area contributed by atoms with Crippen molar-refractivity contribution in [3.05, 3.63) is 0 Å². The molecule has 0 amide bonds. The van der Waals surface area contributed by atoms with Crippen LogP contribution in [0.4, 0.5) is 0 Å². The molecule has 0 heterocycles. The highest BCUT2D eigenvalue weighted by atomic mass is 31.2. The molecule has 0 N–H and O–H groups in total. The fourth-order valence-electron chi connectivity index (χ4n) is 3.47. The van der Waals surface area contributed by atoms with E-state index in [1.54, 1.807) is 18.5 Å². The summed E-state index contributed by atoms with van der Waals surface area (Å²) in [5.74, 6) is 0. The van der Waals surface area contributed by atoms with Gasteiger partial charge in [-0.05, 0) is 39.5 Å². The molecule has 0 bridgehead atoms. The first-order valence-electron chi connectivity index (χ1n) is 8.85. The van der Waals surface area contributed by atoms with E-state index in [0.29, 0.717) is 5.16 Å². The minimum absolute atomic E-state index is 0.626. The van der Waals surface area contributed by atoms with Gasteiger partial charge in [-0.1, -0.05) is 53.4 Å². The molecule has 0 aliphatic rings. The summed E-state index contributed by atoms with van der Waals surface area (Å²) in [6.45, 7) is 14.7. The molecule has 0 aliphatic heterocycles. The maximum absolute atomic E-state index is 2.60. The van der Waals surface area contributed by atoms with Crippen LogP contribution in [0, 0.1) is 0 Å². The van der Waals surface area contributed by atoms with Gasteiger partial charge in [0.25, 0.3) is 0 Å². The topological polar surface area (TPSA) is 0 Å². The van der Waals surface area contributed by atoms with E-state index in [-0.39, 0.29) is 0 Å². The van der Waals surface area contributed by atoms with Gasteiger partial charge in [0.15, 0.2) is 0 Å². The van der Waals surface area contributed by atoms with E-state index >= 15 is 0 Å². The van der Waals surface area contributed by atoms with Gasteiger partial charge in [0.2, 0.25) is 0 Å². The molecule has 0 aromatic rings. The molecule has 0 radical (unpaired) electrons. The molecule has 0 saturated heterocycles. The zero-order valence-electron chi connectivity index (χ0n) is 14.7. The summed E-state index contributed by atoms with van der Waals surface area (Å²) in [6.07, 6.45) is 16.0. The molecule has 0 rings (SSSR count). The minimum atomic E-state index is -0.765. The van der Waals surface area contributed by atoms with E-state index in [1.165, 1.54) is 51.4 Å². The number of hydrogen-bond acceptors (Lipinski definition) is 0.